The van der Waals surface area contributed by atoms with Crippen molar-refractivity contribution in [2.24, 2.45) is 0 Å². The first-order chi connectivity index (χ1) is 16.8. The molecule has 0 fully saturated rings. The SMILES string of the molecule is O=C(Nc1cc(OCc2ccccc2)c2c(ccn2COc2ccccc2)c1)c1ccccc1. The van der Waals surface area contributed by atoms with E-state index < -0.39 is 0 Å². The highest BCUT2D eigenvalue weighted by Gasteiger charge is 2.14. The van der Waals surface area contributed by atoms with Crippen LogP contribution in [-0.4, -0.2) is 10.5 Å². The average Bonchev–Trinajstić information content (AvgIpc) is 3.31. The number of para-hydroxylation sites is 1. The van der Waals surface area contributed by atoms with Crippen molar-refractivity contribution in [3.05, 3.63) is 127 Å². The third kappa shape index (κ3) is 4.94. The molecule has 5 heteroatoms. The first-order valence-electron chi connectivity index (χ1n) is 11.1. The molecule has 0 radical (unpaired) electrons. The first kappa shape index (κ1) is 21.3. The molecule has 0 unspecified atom stereocenters. The van der Waals surface area contributed by atoms with Gasteiger partial charge in [-0.2, -0.15) is 0 Å². The molecule has 0 aliphatic carbocycles. The molecule has 1 aromatic heterocycles. The highest BCUT2D eigenvalue weighted by atomic mass is 16.5. The number of hydrogen-bond donors (Lipinski definition) is 1. The standard InChI is InChI=1S/C29H24N2O3/c32-29(23-12-6-2-7-13-23)30-25-18-24-16-17-31(21-34-26-14-8-3-9-15-26)28(24)27(19-25)33-20-22-10-4-1-5-11-22/h1-19H,20-21H2,(H,30,32). The van der Waals surface area contributed by atoms with Crippen LogP contribution in [-0.2, 0) is 13.3 Å². The summed E-state index contributed by atoms with van der Waals surface area (Å²) >= 11 is 0. The molecule has 5 aromatic rings. The molecule has 5 nitrogen and oxygen atoms in total. The molecule has 1 N–H and O–H groups in total. The van der Waals surface area contributed by atoms with E-state index in [-0.39, 0.29) is 5.91 Å². The van der Waals surface area contributed by atoms with Gasteiger partial charge in [0.1, 0.15) is 18.1 Å². The molecule has 0 atom stereocenters. The van der Waals surface area contributed by atoms with Crippen molar-refractivity contribution in [2.45, 2.75) is 13.3 Å². The Kier molecular flexibility index (Phi) is 6.25. The lowest BCUT2D eigenvalue weighted by atomic mass is 10.2. The Hall–Kier alpha value is -4.51. The molecule has 1 amide bonds. The molecule has 168 valence electrons. The molecule has 0 saturated heterocycles. The third-order valence-corrected chi connectivity index (χ3v) is 5.47. The number of aromatic nitrogens is 1. The van der Waals surface area contributed by atoms with Gasteiger partial charge in [0.05, 0.1) is 5.52 Å². The molecular weight excluding hydrogens is 424 g/mol. The predicted molar refractivity (Wildman–Crippen MR) is 134 cm³/mol. The van der Waals surface area contributed by atoms with Crippen LogP contribution in [0.25, 0.3) is 10.9 Å². The van der Waals surface area contributed by atoms with Crippen LogP contribution in [0.2, 0.25) is 0 Å². The quantitative estimate of drug-likeness (QED) is 0.294. The lowest BCUT2D eigenvalue weighted by Gasteiger charge is -2.15. The predicted octanol–water partition coefficient (Wildman–Crippen LogP) is 6.51. The maximum atomic E-state index is 12.7. The Morgan fingerprint density at radius 3 is 2.18 bits per heavy atom. The monoisotopic (exact) mass is 448 g/mol. The van der Waals surface area contributed by atoms with E-state index in [1.165, 1.54) is 0 Å². The number of ether oxygens (including phenoxy) is 2. The van der Waals surface area contributed by atoms with Crippen molar-refractivity contribution in [1.82, 2.24) is 4.57 Å². The number of carbonyl (C=O) groups is 1. The van der Waals surface area contributed by atoms with Crippen LogP contribution in [0.1, 0.15) is 15.9 Å². The van der Waals surface area contributed by atoms with Crippen molar-refractivity contribution < 1.29 is 14.3 Å². The number of nitrogens with one attached hydrogen (secondary N) is 1. The highest BCUT2D eigenvalue weighted by molar-refractivity contribution is 6.05. The normalized spacial score (nSPS) is 10.7. The van der Waals surface area contributed by atoms with Crippen LogP contribution in [0.3, 0.4) is 0 Å². The zero-order chi connectivity index (χ0) is 23.2. The number of carbonyl (C=O) groups excluding carboxylic acids is 1. The molecule has 4 aromatic carbocycles. The number of benzene rings is 4. The van der Waals surface area contributed by atoms with Crippen molar-refractivity contribution in [3.8, 4) is 11.5 Å². The van der Waals surface area contributed by atoms with Gasteiger partial charge in [-0.15, -0.1) is 0 Å². The van der Waals surface area contributed by atoms with Gasteiger partial charge in [-0.25, -0.2) is 0 Å². The molecule has 0 aliphatic heterocycles. The largest absolute Gasteiger partial charge is 0.487 e. The number of hydrogen-bond acceptors (Lipinski definition) is 3. The Bertz CT molecular complexity index is 1380. The zero-order valence-electron chi connectivity index (χ0n) is 18.6. The summed E-state index contributed by atoms with van der Waals surface area (Å²) in [6.07, 6.45) is 1.96. The van der Waals surface area contributed by atoms with Gasteiger partial charge in [0, 0.05) is 28.9 Å². The van der Waals surface area contributed by atoms with Gasteiger partial charge in [-0.3, -0.25) is 4.79 Å². The molecule has 0 aliphatic rings. The fourth-order valence-corrected chi connectivity index (χ4v) is 3.79. The second-order valence-corrected chi connectivity index (χ2v) is 7.88. The van der Waals surface area contributed by atoms with Crippen LogP contribution in [0.15, 0.2) is 115 Å². The molecule has 0 spiro atoms. The Morgan fingerprint density at radius 1 is 0.765 bits per heavy atom. The van der Waals surface area contributed by atoms with Crippen LogP contribution in [0, 0.1) is 0 Å². The van der Waals surface area contributed by atoms with Gasteiger partial charge < -0.3 is 19.4 Å². The molecule has 1 heterocycles. The molecule has 0 bridgehead atoms. The molecule has 0 saturated carbocycles. The van der Waals surface area contributed by atoms with E-state index in [4.69, 9.17) is 9.47 Å². The van der Waals surface area contributed by atoms with Gasteiger partial charge >= 0.3 is 0 Å². The van der Waals surface area contributed by atoms with Crippen LogP contribution in [0.4, 0.5) is 5.69 Å². The summed E-state index contributed by atoms with van der Waals surface area (Å²) in [6, 6.07) is 34.7. The smallest absolute Gasteiger partial charge is 0.255 e. The summed E-state index contributed by atoms with van der Waals surface area (Å²) in [5.41, 5.74) is 3.24. The second-order valence-electron chi connectivity index (χ2n) is 7.88. The maximum absolute atomic E-state index is 12.7. The Labute approximate surface area is 198 Å². The zero-order valence-corrected chi connectivity index (χ0v) is 18.6. The Balaban J connectivity index is 1.45. The fraction of sp³-hybridized carbons (Fsp3) is 0.0690. The number of rotatable bonds is 8. The van der Waals surface area contributed by atoms with E-state index in [0.717, 1.165) is 22.2 Å². The van der Waals surface area contributed by atoms with Crippen LogP contribution in [0.5, 0.6) is 11.5 Å². The minimum Gasteiger partial charge on any atom is -0.487 e. The first-order valence-corrected chi connectivity index (χ1v) is 11.1. The lowest BCUT2D eigenvalue weighted by molar-refractivity contribution is 0.102. The highest BCUT2D eigenvalue weighted by Crippen LogP contribution is 2.32. The van der Waals surface area contributed by atoms with Crippen molar-refractivity contribution in [1.29, 1.82) is 0 Å². The van der Waals surface area contributed by atoms with Gasteiger partial charge in [-0.1, -0.05) is 66.7 Å². The van der Waals surface area contributed by atoms with Gasteiger partial charge in [0.2, 0.25) is 0 Å². The molecular formula is C29H24N2O3. The molecule has 34 heavy (non-hydrogen) atoms. The summed E-state index contributed by atoms with van der Waals surface area (Å²) in [4.78, 5) is 12.7. The number of anilines is 1. The van der Waals surface area contributed by atoms with Gasteiger partial charge in [0.15, 0.2) is 6.73 Å². The van der Waals surface area contributed by atoms with E-state index in [9.17, 15) is 4.79 Å². The van der Waals surface area contributed by atoms with Gasteiger partial charge in [0.25, 0.3) is 5.91 Å². The number of fused-ring (bicyclic) bond motifs is 1. The summed E-state index contributed by atoms with van der Waals surface area (Å²) in [7, 11) is 0. The van der Waals surface area contributed by atoms with Gasteiger partial charge in [-0.05, 0) is 42.0 Å². The topological polar surface area (TPSA) is 52.5 Å². The minimum atomic E-state index is -0.166. The Morgan fingerprint density at radius 2 is 1.44 bits per heavy atom. The summed E-state index contributed by atoms with van der Waals surface area (Å²) < 4.78 is 14.2. The van der Waals surface area contributed by atoms with Crippen LogP contribution < -0.4 is 14.8 Å². The summed E-state index contributed by atoms with van der Waals surface area (Å²) in [5.74, 6) is 1.30. The average molecular weight is 449 g/mol. The summed E-state index contributed by atoms with van der Waals surface area (Å²) in [6.45, 7) is 0.752. The van der Waals surface area contributed by atoms with Crippen molar-refractivity contribution >= 4 is 22.5 Å². The summed E-state index contributed by atoms with van der Waals surface area (Å²) in [5, 5.41) is 3.95. The number of amides is 1. The second kappa shape index (κ2) is 9.96. The fourth-order valence-electron chi connectivity index (χ4n) is 3.79. The van der Waals surface area contributed by atoms with E-state index in [0.29, 0.717) is 30.3 Å². The van der Waals surface area contributed by atoms with E-state index >= 15 is 0 Å². The maximum Gasteiger partial charge on any atom is 0.255 e. The van der Waals surface area contributed by atoms with Crippen molar-refractivity contribution in [2.75, 3.05) is 5.32 Å². The molecule has 5 rings (SSSR count). The van der Waals surface area contributed by atoms with E-state index in [1.807, 2.05) is 108 Å². The third-order valence-electron chi connectivity index (χ3n) is 5.47. The lowest BCUT2D eigenvalue weighted by Crippen LogP contribution is -2.12. The number of nitrogens with zero attached hydrogens (tertiary/aromatic N) is 1. The minimum absolute atomic E-state index is 0.166. The van der Waals surface area contributed by atoms with Crippen molar-refractivity contribution in [3.63, 3.8) is 0 Å². The van der Waals surface area contributed by atoms with E-state index in [2.05, 4.69) is 5.32 Å². The van der Waals surface area contributed by atoms with Crippen LogP contribution >= 0.6 is 0 Å². The van der Waals surface area contributed by atoms with E-state index in [1.54, 1.807) is 12.1 Å².